The number of carbonyl (C=O) groups excluding carboxylic acids is 1. The van der Waals surface area contributed by atoms with Gasteiger partial charge in [0.1, 0.15) is 11.5 Å². The van der Waals surface area contributed by atoms with Crippen LogP contribution < -0.4 is 10.2 Å². The fraction of sp³-hybridized carbons (Fsp3) is 0.389. The van der Waals surface area contributed by atoms with Gasteiger partial charge in [0.15, 0.2) is 0 Å². The highest BCUT2D eigenvalue weighted by atomic mass is 16.3. The smallest absolute Gasteiger partial charge is 0.227 e. The topological polar surface area (TPSA) is 45.5 Å². The van der Waals surface area contributed by atoms with E-state index < -0.39 is 0 Å². The Morgan fingerprint density at radius 1 is 1.32 bits per heavy atom. The summed E-state index contributed by atoms with van der Waals surface area (Å²) in [5, 5.41) is 3.46. The van der Waals surface area contributed by atoms with Crippen LogP contribution in [0, 0.1) is 6.92 Å². The van der Waals surface area contributed by atoms with Gasteiger partial charge >= 0.3 is 0 Å². The lowest BCUT2D eigenvalue weighted by Crippen LogP contribution is -2.24. The Bertz CT molecular complexity index is 663. The second-order valence-electron chi connectivity index (χ2n) is 5.86. The predicted molar refractivity (Wildman–Crippen MR) is 86.7 cm³/mol. The Morgan fingerprint density at radius 3 is 2.86 bits per heavy atom. The first kappa shape index (κ1) is 14.9. The normalized spacial score (nSPS) is 16.3. The third kappa shape index (κ3) is 3.22. The first-order chi connectivity index (χ1) is 10.6. The van der Waals surface area contributed by atoms with Gasteiger partial charge in [0, 0.05) is 24.7 Å². The van der Waals surface area contributed by atoms with Crippen molar-refractivity contribution in [3.05, 3.63) is 53.5 Å². The van der Waals surface area contributed by atoms with Crippen molar-refractivity contribution < 1.29 is 9.21 Å². The van der Waals surface area contributed by atoms with E-state index in [0.717, 1.165) is 30.2 Å². The highest BCUT2D eigenvalue weighted by molar-refractivity contribution is 5.95. The summed E-state index contributed by atoms with van der Waals surface area (Å²) in [6, 6.07) is 12.4. The van der Waals surface area contributed by atoms with E-state index in [-0.39, 0.29) is 11.9 Å². The third-order valence-electron chi connectivity index (χ3n) is 4.13. The molecular formula is C18H22N2O2. The summed E-state index contributed by atoms with van der Waals surface area (Å²) in [6.45, 7) is 5.60. The van der Waals surface area contributed by atoms with Gasteiger partial charge in [-0.05, 0) is 50.1 Å². The Balaban J connectivity index is 1.67. The molecule has 1 aromatic heterocycles. The fourth-order valence-corrected chi connectivity index (χ4v) is 2.83. The van der Waals surface area contributed by atoms with Gasteiger partial charge in [0.25, 0.3) is 0 Å². The monoisotopic (exact) mass is 298 g/mol. The summed E-state index contributed by atoms with van der Waals surface area (Å²) in [5.41, 5.74) is 2.18. The van der Waals surface area contributed by atoms with E-state index >= 15 is 0 Å². The quantitative estimate of drug-likeness (QED) is 0.918. The van der Waals surface area contributed by atoms with Crippen LogP contribution in [0.1, 0.15) is 42.9 Å². The van der Waals surface area contributed by atoms with Crippen LogP contribution in [-0.4, -0.2) is 12.5 Å². The van der Waals surface area contributed by atoms with Crippen molar-refractivity contribution in [2.75, 3.05) is 11.4 Å². The number of anilines is 1. The number of carbonyl (C=O) groups is 1. The molecule has 1 atom stereocenters. The molecule has 4 heteroatoms. The number of nitrogens with one attached hydrogen (secondary N) is 1. The van der Waals surface area contributed by atoms with Gasteiger partial charge in [-0.2, -0.15) is 0 Å². The average Bonchev–Trinajstić information content (AvgIpc) is 3.13. The van der Waals surface area contributed by atoms with E-state index in [2.05, 4.69) is 24.4 Å². The van der Waals surface area contributed by atoms with Gasteiger partial charge in [0.2, 0.25) is 5.91 Å². The summed E-state index contributed by atoms with van der Waals surface area (Å²) >= 11 is 0. The van der Waals surface area contributed by atoms with Crippen molar-refractivity contribution in [2.45, 2.75) is 39.3 Å². The lowest BCUT2D eigenvalue weighted by molar-refractivity contribution is -0.117. The molecule has 1 saturated heterocycles. The van der Waals surface area contributed by atoms with Crippen molar-refractivity contribution in [3.63, 3.8) is 0 Å². The van der Waals surface area contributed by atoms with Gasteiger partial charge in [0.05, 0.1) is 6.54 Å². The maximum Gasteiger partial charge on any atom is 0.227 e. The van der Waals surface area contributed by atoms with E-state index in [1.54, 1.807) is 0 Å². The maximum atomic E-state index is 11.9. The summed E-state index contributed by atoms with van der Waals surface area (Å²) < 4.78 is 5.57. The van der Waals surface area contributed by atoms with Crippen LogP contribution in [0.3, 0.4) is 0 Å². The zero-order chi connectivity index (χ0) is 15.5. The molecule has 0 spiro atoms. The Kier molecular flexibility index (Phi) is 4.29. The number of amides is 1. The second-order valence-corrected chi connectivity index (χ2v) is 5.86. The Labute approximate surface area is 131 Å². The number of aryl methyl sites for hydroxylation is 1. The van der Waals surface area contributed by atoms with Gasteiger partial charge in [-0.3, -0.25) is 4.79 Å². The third-order valence-corrected chi connectivity index (χ3v) is 4.13. The molecule has 116 valence electrons. The minimum atomic E-state index is 0.197. The molecule has 1 N–H and O–H groups in total. The van der Waals surface area contributed by atoms with Crippen LogP contribution >= 0.6 is 0 Å². The summed E-state index contributed by atoms with van der Waals surface area (Å²) in [6.07, 6.45) is 1.62. The lowest BCUT2D eigenvalue weighted by Gasteiger charge is -2.19. The van der Waals surface area contributed by atoms with E-state index in [9.17, 15) is 4.79 Å². The van der Waals surface area contributed by atoms with Crippen LogP contribution in [0.2, 0.25) is 0 Å². The van der Waals surface area contributed by atoms with Gasteiger partial charge < -0.3 is 14.6 Å². The number of hydrogen-bond acceptors (Lipinski definition) is 3. The molecule has 0 radical (unpaired) electrons. The minimum absolute atomic E-state index is 0.197. The van der Waals surface area contributed by atoms with Crippen LogP contribution in [0.25, 0.3) is 0 Å². The predicted octanol–water partition coefficient (Wildman–Crippen LogP) is 3.57. The molecule has 1 amide bonds. The maximum absolute atomic E-state index is 11.9. The highest BCUT2D eigenvalue weighted by Crippen LogP contribution is 2.25. The standard InChI is InChI=1S/C18H22N2O2/c1-13-8-9-17(22-13)12-19-14(2)15-5-3-6-16(11-15)20-10-4-7-18(20)21/h3,5-6,8-9,11,14,19H,4,7,10,12H2,1-2H3/t14-/m1/s1. The van der Waals surface area contributed by atoms with Crippen LogP contribution in [0.15, 0.2) is 40.8 Å². The number of nitrogens with zero attached hydrogens (tertiary/aromatic N) is 1. The Hall–Kier alpha value is -2.07. The molecule has 1 aliphatic rings. The van der Waals surface area contributed by atoms with Gasteiger partial charge in [-0.25, -0.2) is 0 Å². The van der Waals surface area contributed by atoms with Gasteiger partial charge in [-0.1, -0.05) is 12.1 Å². The minimum Gasteiger partial charge on any atom is -0.465 e. The van der Waals surface area contributed by atoms with E-state index in [0.29, 0.717) is 13.0 Å². The SMILES string of the molecule is Cc1ccc(CN[C@H](C)c2cccc(N3CCCC3=O)c2)o1. The van der Waals surface area contributed by atoms with Crippen LogP contribution in [-0.2, 0) is 11.3 Å². The van der Waals surface area contributed by atoms with E-state index in [1.165, 1.54) is 5.56 Å². The first-order valence-electron chi connectivity index (χ1n) is 7.82. The average molecular weight is 298 g/mol. The largest absolute Gasteiger partial charge is 0.465 e. The molecule has 1 aromatic carbocycles. The van der Waals surface area contributed by atoms with Crippen molar-refractivity contribution in [3.8, 4) is 0 Å². The highest BCUT2D eigenvalue weighted by Gasteiger charge is 2.22. The molecule has 0 bridgehead atoms. The fourth-order valence-electron chi connectivity index (χ4n) is 2.83. The van der Waals surface area contributed by atoms with E-state index in [4.69, 9.17) is 4.42 Å². The number of furan rings is 1. The van der Waals surface area contributed by atoms with Crippen LogP contribution in [0.4, 0.5) is 5.69 Å². The van der Waals surface area contributed by atoms with E-state index in [1.807, 2.05) is 36.1 Å². The zero-order valence-electron chi connectivity index (χ0n) is 13.1. The summed E-state index contributed by atoms with van der Waals surface area (Å²) in [5.74, 6) is 2.10. The van der Waals surface area contributed by atoms with Crippen molar-refractivity contribution in [1.29, 1.82) is 0 Å². The first-order valence-corrected chi connectivity index (χ1v) is 7.82. The molecule has 0 saturated carbocycles. The molecule has 2 heterocycles. The lowest BCUT2D eigenvalue weighted by atomic mass is 10.1. The number of hydrogen-bond donors (Lipinski definition) is 1. The molecule has 2 aromatic rings. The summed E-state index contributed by atoms with van der Waals surface area (Å²) in [4.78, 5) is 13.7. The molecule has 0 aliphatic carbocycles. The molecular weight excluding hydrogens is 276 g/mol. The van der Waals surface area contributed by atoms with Gasteiger partial charge in [-0.15, -0.1) is 0 Å². The summed E-state index contributed by atoms with van der Waals surface area (Å²) in [7, 11) is 0. The number of rotatable bonds is 5. The van der Waals surface area contributed by atoms with Crippen molar-refractivity contribution >= 4 is 11.6 Å². The molecule has 0 unspecified atom stereocenters. The molecule has 3 rings (SSSR count). The van der Waals surface area contributed by atoms with Crippen molar-refractivity contribution in [1.82, 2.24) is 5.32 Å². The number of benzene rings is 1. The molecule has 1 fully saturated rings. The van der Waals surface area contributed by atoms with Crippen LogP contribution in [0.5, 0.6) is 0 Å². The molecule has 4 nitrogen and oxygen atoms in total. The molecule has 1 aliphatic heterocycles. The molecule has 22 heavy (non-hydrogen) atoms. The Morgan fingerprint density at radius 2 is 2.18 bits per heavy atom. The zero-order valence-corrected chi connectivity index (χ0v) is 13.1. The van der Waals surface area contributed by atoms with Crippen molar-refractivity contribution in [2.24, 2.45) is 0 Å². The second kappa shape index (κ2) is 6.36.